The Morgan fingerprint density at radius 2 is 2.15 bits per heavy atom. The number of piperidine rings is 1. The number of hydrogen-bond donors (Lipinski definition) is 2. The molecule has 2 aromatic rings. The van der Waals surface area contributed by atoms with Crippen molar-refractivity contribution in [3.05, 3.63) is 34.6 Å². The molecule has 0 amide bonds. The van der Waals surface area contributed by atoms with Gasteiger partial charge in [-0.1, -0.05) is 0 Å². The SMILES string of the molecule is Cn1ccnc1CN1CCOC2(CCN(c3cc(=O)[nH]c(N)n3)CC2)C1. The molecule has 0 bridgehead atoms. The van der Waals surface area contributed by atoms with Gasteiger partial charge in [-0.05, 0) is 12.8 Å². The molecule has 140 valence electrons. The van der Waals surface area contributed by atoms with E-state index < -0.39 is 0 Å². The lowest BCUT2D eigenvalue weighted by Crippen LogP contribution is -2.56. The van der Waals surface area contributed by atoms with Gasteiger partial charge < -0.3 is 19.9 Å². The van der Waals surface area contributed by atoms with Crippen LogP contribution in [-0.4, -0.2) is 62.8 Å². The summed E-state index contributed by atoms with van der Waals surface area (Å²) in [6.45, 7) is 4.99. The molecule has 9 heteroatoms. The summed E-state index contributed by atoms with van der Waals surface area (Å²) in [5, 5.41) is 0. The van der Waals surface area contributed by atoms with Crippen molar-refractivity contribution < 1.29 is 4.74 Å². The van der Waals surface area contributed by atoms with E-state index in [1.54, 1.807) is 0 Å². The molecule has 0 radical (unpaired) electrons. The number of H-pyrrole nitrogens is 1. The summed E-state index contributed by atoms with van der Waals surface area (Å²) in [6.07, 6.45) is 5.62. The quantitative estimate of drug-likeness (QED) is 0.792. The van der Waals surface area contributed by atoms with Crippen molar-refractivity contribution in [3.8, 4) is 0 Å². The van der Waals surface area contributed by atoms with E-state index in [0.29, 0.717) is 5.82 Å². The number of hydrogen-bond acceptors (Lipinski definition) is 7. The van der Waals surface area contributed by atoms with Gasteiger partial charge in [0.2, 0.25) is 5.95 Å². The third kappa shape index (κ3) is 3.45. The molecule has 26 heavy (non-hydrogen) atoms. The van der Waals surface area contributed by atoms with E-state index in [1.807, 2.05) is 19.4 Å². The largest absolute Gasteiger partial charge is 0.372 e. The molecule has 2 fully saturated rings. The minimum absolute atomic E-state index is 0.132. The van der Waals surface area contributed by atoms with Gasteiger partial charge in [0.15, 0.2) is 0 Å². The van der Waals surface area contributed by atoms with Crippen molar-refractivity contribution in [1.29, 1.82) is 0 Å². The number of nitrogens with two attached hydrogens (primary N) is 1. The van der Waals surface area contributed by atoms with Crippen molar-refractivity contribution in [2.75, 3.05) is 43.4 Å². The van der Waals surface area contributed by atoms with Crippen LogP contribution in [-0.2, 0) is 18.3 Å². The highest BCUT2D eigenvalue weighted by molar-refractivity contribution is 5.41. The maximum Gasteiger partial charge on any atom is 0.254 e. The van der Waals surface area contributed by atoms with Crippen LogP contribution in [0.2, 0.25) is 0 Å². The fourth-order valence-electron chi connectivity index (χ4n) is 3.88. The number of aromatic amines is 1. The van der Waals surface area contributed by atoms with Gasteiger partial charge in [0.25, 0.3) is 5.56 Å². The van der Waals surface area contributed by atoms with Gasteiger partial charge in [0, 0.05) is 51.7 Å². The summed E-state index contributed by atoms with van der Waals surface area (Å²) < 4.78 is 8.27. The first kappa shape index (κ1) is 17.0. The van der Waals surface area contributed by atoms with E-state index in [0.717, 1.165) is 58.0 Å². The van der Waals surface area contributed by atoms with Crippen LogP contribution in [0.5, 0.6) is 0 Å². The molecular formula is C17H25N7O2. The third-order valence-electron chi connectivity index (χ3n) is 5.36. The minimum atomic E-state index is -0.219. The van der Waals surface area contributed by atoms with Gasteiger partial charge >= 0.3 is 0 Å². The summed E-state index contributed by atoms with van der Waals surface area (Å²) in [6, 6.07) is 1.50. The van der Waals surface area contributed by atoms with Crippen LogP contribution in [0.15, 0.2) is 23.3 Å². The molecule has 2 aliphatic rings. The number of nitrogen functional groups attached to an aromatic ring is 1. The number of ether oxygens (including phenoxy) is 1. The van der Waals surface area contributed by atoms with Gasteiger partial charge in [-0.15, -0.1) is 0 Å². The molecule has 0 unspecified atom stereocenters. The monoisotopic (exact) mass is 359 g/mol. The molecule has 2 aromatic heterocycles. The maximum absolute atomic E-state index is 11.6. The molecule has 3 N–H and O–H groups in total. The number of anilines is 2. The Balaban J connectivity index is 1.41. The first-order valence-electron chi connectivity index (χ1n) is 8.97. The average Bonchev–Trinajstić information content (AvgIpc) is 3.00. The van der Waals surface area contributed by atoms with E-state index in [2.05, 4.69) is 29.3 Å². The van der Waals surface area contributed by atoms with Crippen LogP contribution in [0.25, 0.3) is 0 Å². The van der Waals surface area contributed by atoms with E-state index in [1.165, 1.54) is 6.07 Å². The molecule has 2 aliphatic heterocycles. The zero-order valence-electron chi connectivity index (χ0n) is 15.0. The molecule has 9 nitrogen and oxygen atoms in total. The van der Waals surface area contributed by atoms with E-state index in [9.17, 15) is 4.79 Å². The molecule has 4 rings (SSSR count). The van der Waals surface area contributed by atoms with Crippen LogP contribution in [0, 0.1) is 0 Å². The lowest BCUT2D eigenvalue weighted by Gasteiger charge is -2.47. The fourth-order valence-corrected chi connectivity index (χ4v) is 3.88. The normalized spacial score (nSPS) is 20.6. The molecule has 0 aromatic carbocycles. The smallest absolute Gasteiger partial charge is 0.254 e. The topological polar surface area (TPSA) is 105 Å². The van der Waals surface area contributed by atoms with Crippen molar-refractivity contribution >= 4 is 11.8 Å². The zero-order valence-corrected chi connectivity index (χ0v) is 15.0. The molecule has 1 spiro atoms. The summed E-state index contributed by atoms with van der Waals surface area (Å²) in [4.78, 5) is 27.3. The lowest BCUT2D eigenvalue weighted by molar-refractivity contribution is -0.123. The molecule has 2 saturated heterocycles. The van der Waals surface area contributed by atoms with Crippen molar-refractivity contribution in [3.63, 3.8) is 0 Å². The summed E-state index contributed by atoms with van der Waals surface area (Å²) >= 11 is 0. The highest BCUT2D eigenvalue weighted by Gasteiger charge is 2.40. The van der Waals surface area contributed by atoms with Crippen molar-refractivity contribution in [1.82, 2.24) is 24.4 Å². The Hall–Kier alpha value is -2.39. The van der Waals surface area contributed by atoms with E-state index in [-0.39, 0.29) is 17.1 Å². The summed E-state index contributed by atoms with van der Waals surface area (Å²) in [5.74, 6) is 1.87. The second-order valence-electron chi connectivity index (χ2n) is 7.17. The van der Waals surface area contributed by atoms with E-state index >= 15 is 0 Å². The predicted octanol–water partition coefficient (Wildman–Crippen LogP) is -0.0430. The average molecular weight is 359 g/mol. The third-order valence-corrected chi connectivity index (χ3v) is 5.36. The Bertz CT molecular complexity index is 823. The number of aryl methyl sites for hydroxylation is 1. The first-order chi connectivity index (χ1) is 12.5. The van der Waals surface area contributed by atoms with Crippen LogP contribution >= 0.6 is 0 Å². The lowest BCUT2D eigenvalue weighted by atomic mass is 9.89. The number of rotatable bonds is 3. The fraction of sp³-hybridized carbons (Fsp3) is 0.588. The van der Waals surface area contributed by atoms with Gasteiger partial charge in [-0.25, -0.2) is 4.98 Å². The zero-order chi connectivity index (χ0) is 18.1. The molecule has 0 atom stereocenters. The van der Waals surface area contributed by atoms with Crippen LogP contribution in [0.4, 0.5) is 11.8 Å². The van der Waals surface area contributed by atoms with Gasteiger partial charge in [0.1, 0.15) is 11.6 Å². The predicted molar refractivity (Wildman–Crippen MR) is 97.9 cm³/mol. The Kier molecular flexibility index (Phi) is 4.41. The summed E-state index contributed by atoms with van der Waals surface area (Å²) in [7, 11) is 2.03. The van der Waals surface area contributed by atoms with Crippen molar-refractivity contribution in [2.45, 2.75) is 25.0 Å². The Morgan fingerprint density at radius 3 is 2.85 bits per heavy atom. The van der Waals surface area contributed by atoms with Crippen LogP contribution in [0.3, 0.4) is 0 Å². The highest BCUT2D eigenvalue weighted by atomic mass is 16.5. The van der Waals surface area contributed by atoms with Gasteiger partial charge in [-0.2, -0.15) is 4.98 Å². The number of morpholine rings is 1. The molecular weight excluding hydrogens is 334 g/mol. The van der Waals surface area contributed by atoms with Gasteiger partial charge in [0.05, 0.1) is 18.8 Å². The van der Waals surface area contributed by atoms with Crippen LogP contribution in [0.1, 0.15) is 18.7 Å². The number of nitrogens with one attached hydrogen (secondary N) is 1. The standard InChI is InChI=1S/C17H25N7O2/c1-22-7-4-19-14(22)11-23-8-9-26-17(12-23)2-5-24(6-3-17)13-10-15(25)21-16(18)20-13/h4,7,10H,2-3,5-6,8-9,11-12H2,1H3,(H3,18,20,21,25). The number of nitrogens with zero attached hydrogens (tertiary/aromatic N) is 5. The number of imidazole rings is 1. The van der Waals surface area contributed by atoms with Crippen LogP contribution < -0.4 is 16.2 Å². The second-order valence-corrected chi connectivity index (χ2v) is 7.17. The Morgan fingerprint density at radius 1 is 1.35 bits per heavy atom. The van der Waals surface area contributed by atoms with E-state index in [4.69, 9.17) is 10.5 Å². The highest BCUT2D eigenvalue weighted by Crippen LogP contribution is 2.32. The minimum Gasteiger partial charge on any atom is -0.372 e. The second kappa shape index (κ2) is 6.73. The molecule has 4 heterocycles. The van der Waals surface area contributed by atoms with Gasteiger partial charge in [-0.3, -0.25) is 14.7 Å². The molecule has 0 aliphatic carbocycles. The first-order valence-corrected chi connectivity index (χ1v) is 8.97. The molecule has 0 saturated carbocycles. The summed E-state index contributed by atoms with van der Waals surface area (Å²) in [5.41, 5.74) is 5.31. The number of aromatic nitrogens is 4. The Labute approximate surface area is 151 Å². The maximum atomic E-state index is 11.6. The van der Waals surface area contributed by atoms with Crippen molar-refractivity contribution in [2.24, 2.45) is 7.05 Å².